The predicted octanol–water partition coefficient (Wildman–Crippen LogP) is 2.00. The van der Waals surface area contributed by atoms with E-state index in [1.165, 1.54) is 0 Å². The Balaban J connectivity index is 1.85. The van der Waals surface area contributed by atoms with Crippen LogP contribution in [-0.4, -0.2) is 47.8 Å². The van der Waals surface area contributed by atoms with Crippen LogP contribution in [0.15, 0.2) is 35.2 Å². The van der Waals surface area contributed by atoms with Crippen LogP contribution in [0.4, 0.5) is 0 Å². The summed E-state index contributed by atoms with van der Waals surface area (Å²) in [5.41, 5.74) is -0.791. The molecule has 0 bridgehead atoms. The first-order valence-electron chi connectivity index (χ1n) is 8.56. The summed E-state index contributed by atoms with van der Waals surface area (Å²) in [5, 5.41) is 10.4. The summed E-state index contributed by atoms with van der Waals surface area (Å²) >= 11 is 0. The fraction of sp³-hybridized carbons (Fsp3) is 0.611. The second-order valence-corrected chi connectivity index (χ2v) is 9.53. The number of nitrogens with zero attached hydrogens (tertiary/aromatic N) is 1. The van der Waals surface area contributed by atoms with Gasteiger partial charge in [0.2, 0.25) is 5.91 Å². The fourth-order valence-electron chi connectivity index (χ4n) is 3.70. The lowest BCUT2D eigenvalue weighted by atomic mass is 9.81. The zero-order valence-corrected chi connectivity index (χ0v) is 15.1. The quantitative estimate of drug-likeness (QED) is 0.900. The Labute approximate surface area is 143 Å². The Kier molecular flexibility index (Phi) is 4.24. The van der Waals surface area contributed by atoms with Crippen molar-refractivity contribution in [3.8, 4) is 0 Å². The number of hydrogen-bond donors (Lipinski definition) is 1. The summed E-state index contributed by atoms with van der Waals surface area (Å²) in [4.78, 5) is 14.9. The van der Waals surface area contributed by atoms with E-state index < -0.39 is 20.2 Å². The lowest BCUT2D eigenvalue weighted by molar-refractivity contribution is -0.139. The first-order valence-corrected chi connectivity index (χ1v) is 10.0. The molecule has 0 spiro atoms. The van der Waals surface area contributed by atoms with Crippen LogP contribution in [0.1, 0.15) is 39.5 Å². The fourth-order valence-corrected chi connectivity index (χ4v) is 5.66. The van der Waals surface area contributed by atoms with E-state index in [1.807, 2.05) is 6.92 Å². The van der Waals surface area contributed by atoms with Crippen LogP contribution in [0.25, 0.3) is 0 Å². The lowest BCUT2D eigenvalue weighted by Crippen LogP contribution is -2.55. The monoisotopic (exact) mass is 351 g/mol. The molecule has 1 aliphatic carbocycles. The first-order chi connectivity index (χ1) is 11.2. The highest BCUT2D eigenvalue weighted by Gasteiger charge is 2.62. The molecule has 1 aliphatic heterocycles. The average Bonchev–Trinajstić information content (AvgIpc) is 3.37. The van der Waals surface area contributed by atoms with E-state index in [0.717, 1.165) is 6.42 Å². The van der Waals surface area contributed by atoms with Gasteiger partial charge in [-0.3, -0.25) is 4.79 Å². The molecule has 1 aromatic carbocycles. The third kappa shape index (κ3) is 2.65. The van der Waals surface area contributed by atoms with E-state index in [9.17, 15) is 18.3 Å². The lowest BCUT2D eigenvalue weighted by Gasteiger charge is -2.43. The van der Waals surface area contributed by atoms with E-state index in [-0.39, 0.29) is 16.7 Å². The van der Waals surface area contributed by atoms with Gasteiger partial charge in [0.15, 0.2) is 14.6 Å². The molecule has 1 saturated heterocycles. The van der Waals surface area contributed by atoms with Gasteiger partial charge in [0.1, 0.15) is 0 Å². The highest BCUT2D eigenvalue weighted by molar-refractivity contribution is 7.94. The summed E-state index contributed by atoms with van der Waals surface area (Å²) in [7, 11) is -3.68. The minimum atomic E-state index is -3.68. The van der Waals surface area contributed by atoms with Crippen molar-refractivity contribution < 1.29 is 18.3 Å². The van der Waals surface area contributed by atoms with E-state index in [4.69, 9.17) is 0 Å². The summed E-state index contributed by atoms with van der Waals surface area (Å²) in [5.74, 6) is -0.314. The Morgan fingerprint density at radius 3 is 2.42 bits per heavy atom. The average molecular weight is 351 g/mol. The van der Waals surface area contributed by atoms with Crippen molar-refractivity contribution in [2.45, 2.75) is 54.8 Å². The van der Waals surface area contributed by atoms with E-state index in [0.29, 0.717) is 32.4 Å². The Hall–Kier alpha value is -1.40. The maximum absolute atomic E-state index is 13.0. The molecule has 2 atom stereocenters. The third-order valence-corrected chi connectivity index (χ3v) is 8.15. The molecule has 2 aliphatic rings. The second-order valence-electron chi connectivity index (χ2n) is 7.27. The minimum Gasteiger partial charge on any atom is -0.390 e. The molecule has 6 heteroatoms. The third-order valence-electron chi connectivity index (χ3n) is 5.65. The van der Waals surface area contributed by atoms with Crippen LogP contribution in [0.3, 0.4) is 0 Å². The summed E-state index contributed by atoms with van der Waals surface area (Å²) in [6, 6.07) is 8.23. The number of benzene rings is 1. The predicted molar refractivity (Wildman–Crippen MR) is 91.2 cm³/mol. The van der Waals surface area contributed by atoms with E-state index in [2.05, 4.69) is 0 Å². The van der Waals surface area contributed by atoms with Crippen molar-refractivity contribution in [3.05, 3.63) is 30.3 Å². The first kappa shape index (κ1) is 17.4. The van der Waals surface area contributed by atoms with Gasteiger partial charge in [-0.1, -0.05) is 25.1 Å². The van der Waals surface area contributed by atoms with Crippen LogP contribution in [0.5, 0.6) is 0 Å². The van der Waals surface area contributed by atoms with Crippen LogP contribution in [0.2, 0.25) is 0 Å². The molecule has 1 aromatic rings. The molecule has 1 amide bonds. The van der Waals surface area contributed by atoms with Crippen LogP contribution in [0, 0.1) is 5.92 Å². The maximum Gasteiger partial charge on any atom is 0.244 e. The van der Waals surface area contributed by atoms with Gasteiger partial charge in [-0.25, -0.2) is 8.42 Å². The molecule has 1 N–H and O–H groups in total. The van der Waals surface area contributed by atoms with E-state index in [1.54, 1.807) is 42.2 Å². The largest absolute Gasteiger partial charge is 0.390 e. The highest BCUT2D eigenvalue weighted by atomic mass is 32.2. The van der Waals surface area contributed by atoms with Crippen molar-refractivity contribution in [1.82, 2.24) is 4.90 Å². The normalized spacial score (nSPS) is 29.3. The van der Waals surface area contributed by atoms with Crippen LogP contribution in [-0.2, 0) is 14.6 Å². The molecular weight excluding hydrogens is 326 g/mol. The van der Waals surface area contributed by atoms with Gasteiger partial charge in [-0.2, -0.15) is 0 Å². The van der Waals surface area contributed by atoms with Crippen LogP contribution >= 0.6 is 0 Å². The van der Waals surface area contributed by atoms with Crippen LogP contribution < -0.4 is 0 Å². The van der Waals surface area contributed by atoms with Gasteiger partial charge in [-0.15, -0.1) is 0 Å². The molecule has 0 unspecified atom stereocenters. The number of aliphatic hydroxyl groups is 1. The molecule has 2 fully saturated rings. The number of sulfone groups is 1. The number of likely N-dealkylation sites (tertiary alicyclic amines) is 1. The molecule has 1 saturated carbocycles. The molecule has 0 aromatic heterocycles. The molecule has 132 valence electrons. The molecular formula is C18H25NO4S. The number of piperidine rings is 1. The Bertz CT molecular complexity index is 723. The molecule has 24 heavy (non-hydrogen) atoms. The second kappa shape index (κ2) is 5.85. The Morgan fingerprint density at radius 1 is 1.25 bits per heavy atom. The smallest absolute Gasteiger partial charge is 0.244 e. The number of hydrogen-bond acceptors (Lipinski definition) is 4. The highest BCUT2D eigenvalue weighted by Crippen LogP contribution is 2.49. The number of rotatable bonds is 4. The zero-order chi connectivity index (χ0) is 17.6. The maximum atomic E-state index is 13.0. The van der Waals surface area contributed by atoms with Crippen molar-refractivity contribution in [3.63, 3.8) is 0 Å². The molecule has 1 heterocycles. The van der Waals surface area contributed by atoms with Crippen molar-refractivity contribution in [1.29, 1.82) is 0 Å². The van der Waals surface area contributed by atoms with Crippen molar-refractivity contribution >= 4 is 15.7 Å². The number of amides is 1. The molecule has 0 radical (unpaired) electrons. The van der Waals surface area contributed by atoms with Crippen molar-refractivity contribution in [2.75, 3.05) is 13.1 Å². The van der Waals surface area contributed by atoms with Gasteiger partial charge in [0.05, 0.1) is 10.5 Å². The summed E-state index contributed by atoms with van der Waals surface area (Å²) in [6.07, 6.45) is 2.01. The number of carbonyl (C=O) groups excluding carboxylic acids is 1. The minimum absolute atomic E-state index is 0.0228. The Morgan fingerprint density at radius 2 is 1.88 bits per heavy atom. The topological polar surface area (TPSA) is 74.7 Å². The van der Waals surface area contributed by atoms with E-state index >= 15 is 0 Å². The number of carbonyl (C=O) groups is 1. The SMILES string of the molecule is CC[C@H]1CN(C(=O)C2(S(=O)(=O)c3ccccc3)CC2)CC[C@@]1(C)O. The van der Waals surface area contributed by atoms with Gasteiger partial charge >= 0.3 is 0 Å². The van der Waals surface area contributed by atoms with Gasteiger partial charge in [-0.05, 0) is 44.7 Å². The zero-order valence-electron chi connectivity index (χ0n) is 14.2. The molecule has 3 rings (SSSR count). The summed E-state index contributed by atoms with van der Waals surface area (Å²) < 4.78 is 24.7. The van der Waals surface area contributed by atoms with Gasteiger partial charge < -0.3 is 10.0 Å². The molecule has 5 nitrogen and oxygen atoms in total. The van der Waals surface area contributed by atoms with Gasteiger partial charge in [0, 0.05) is 19.0 Å². The summed E-state index contributed by atoms with van der Waals surface area (Å²) in [6.45, 7) is 4.63. The standard InChI is InChI=1S/C18H25NO4S/c1-3-14-13-19(12-11-17(14,2)21)16(20)18(9-10-18)24(22,23)15-7-5-4-6-8-15/h4-8,14,21H,3,9-13H2,1-2H3/t14-,17+/m0/s1. The van der Waals surface area contributed by atoms with Crippen molar-refractivity contribution in [2.24, 2.45) is 5.92 Å². The van der Waals surface area contributed by atoms with Gasteiger partial charge in [0.25, 0.3) is 0 Å².